The first-order chi connectivity index (χ1) is 8.11. The van der Waals surface area contributed by atoms with E-state index in [1.807, 2.05) is 24.3 Å². The zero-order valence-electron chi connectivity index (χ0n) is 10.6. The van der Waals surface area contributed by atoms with E-state index < -0.39 is 0 Å². The van der Waals surface area contributed by atoms with Crippen LogP contribution in [0.25, 0.3) is 0 Å². The second-order valence-electron chi connectivity index (χ2n) is 4.26. The summed E-state index contributed by atoms with van der Waals surface area (Å²) in [5.41, 5.74) is 7.54. The van der Waals surface area contributed by atoms with Crippen molar-refractivity contribution in [2.45, 2.75) is 19.9 Å². The molecule has 0 saturated carbocycles. The Bertz CT molecular complexity index is 348. The summed E-state index contributed by atoms with van der Waals surface area (Å²) in [6, 6.07) is 7.91. The maximum absolute atomic E-state index is 10.9. The Hall–Kier alpha value is -1.39. The molecule has 0 fully saturated rings. The molecule has 0 radical (unpaired) electrons. The van der Waals surface area contributed by atoms with Crippen molar-refractivity contribution in [3.8, 4) is 0 Å². The number of carbonyl (C=O) groups is 1. The van der Waals surface area contributed by atoms with Gasteiger partial charge in [-0.1, -0.05) is 12.1 Å². The Balaban J connectivity index is 2.47. The van der Waals surface area contributed by atoms with Gasteiger partial charge in [-0.25, -0.2) is 0 Å². The second kappa shape index (κ2) is 7.04. The highest BCUT2D eigenvalue weighted by Gasteiger charge is 2.00. The molecule has 4 heteroatoms. The van der Waals surface area contributed by atoms with Crippen LogP contribution in [0.2, 0.25) is 0 Å². The quantitative estimate of drug-likeness (QED) is 0.784. The smallest absolute Gasteiger partial charge is 0.221 e. The van der Waals surface area contributed by atoms with Crippen LogP contribution in [0.1, 0.15) is 18.9 Å². The summed E-state index contributed by atoms with van der Waals surface area (Å²) in [7, 11) is 2.08. The van der Waals surface area contributed by atoms with Crippen LogP contribution >= 0.6 is 0 Å². The molecule has 17 heavy (non-hydrogen) atoms. The van der Waals surface area contributed by atoms with E-state index in [-0.39, 0.29) is 5.91 Å². The van der Waals surface area contributed by atoms with Crippen LogP contribution in [0.3, 0.4) is 0 Å². The van der Waals surface area contributed by atoms with Crippen molar-refractivity contribution in [2.75, 3.05) is 25.5 Å². The molecule has 0 unspecified atom stereocenters. The molecule has 1 aromatic carbocycles. The van der Waals surface area contributed by atoms with Gasteiger partial charge in [0.15, 0.2) is 0 Å². The SMILES string of the molecule is CC(=O)Nc1ccc(CN(C)CCCN)cc1. The number of nitrogens with zero attached hydrogens (tertiary/aromatic N) is 1. The van der Waals surface area contributed by atoms with E-state index in [2.05, 4.69) is 17.3 Å². The average molecular weight is 235 g/mol. The number of benzene rings is 1. The van der Waals surface area contributed by atoms with Crippen molar-refractivity contribution >= 4 is 11.6 Å². The van der Waals surface area contributed by atoms with Crippen molar-refractivity contribution in [3.05, 3.63) is 29.8 Å². The standard InChI is InChI=1S/C13H21N3O/c1-11(17)15-13-6-4-12(5-7-13)10-16(2)9-3-8-14/h4-7H,3,8-10,14H2,1-2H3,(H,15,17). The van der Waals surface area contributed by atoms with Crippen molar-refractivity contribution in [2.24, 2.45) is 5.73 Å². The van der Waals surface area contributed by atoms with Gasteiger partial charge in [0, 0.05) is 19.2 Å². The highest BCUT2D eigenvalue weighted by atomic mass is 16.1. The molecule has 0 heterocycles. The first-order valence-electron chi connectivity index (χ1n) is 5.87. The van der Waals surface area contributed by atoms with Gasteiger partial charge in [0.25, 0.3) is 0 Å². The van der Waals surface area contributed by atoms with Crippen LogP contribution in [0.15, 0.2) is 24.3 Å². The molecular formula is C13H21N3O. The van der Waals surface area contributed by atoms with Crippen LogP contribution in [-0.4, -0.2) is 30.9 Å². The van der Waals surface area contributed by atoms with Gasteiger partial charge in [-0.05, 0) is 44.3 Å². The molecule has 0 spiro atoms. The van der Waals surface area contributed by atoms with Crippen LogP contribution in [0, 0.1) is 0 Å². The minimum absolute atomic E-state index is 0.0437. The average Bonchev–Trinajstić information content (AvgIpc) is 2.28. The molecule has 0 bridgehead atoms. The molecule has 1 aromatic rings. The lowest BCUT2D eigenvalue weighted by molar-refractivity contribution is -0.114. The van der Waals surface area contributed by atoms with Crippen LogP contribution in [0.4, 0.5) is 5.69 Å². The fourth-order valence-electron chi connectivity index (χ4n) is 1.65. The zero-order chi connectivity index (χ0) is 12.7. The number of amides is 1. The number of rotatable bonds is 6. The van der Waals surface area contributed by atoms with E-state index in [4.69, 9.17) is 5.73 Å². The highest BCUT2D eigenvalue weighted by Crippen LogP contribution is 2.10. The zero-order valence-corrected chi connectivity index (χ0v) is 10.6. The maximum Gasteiger partial charge on any atom is 0.221 e. The normalized spacial score (nSPS) is 10.6. The molecule has 94 valence electrons. The fraction of sp³-hybridized carbons (Fsp3) is 0.462. The summed E-state index contributed by atoms with van der Waals surface area (Å²) < 4.78 is 0. The third-order valence-electron chi connectivity index (χ3n) is 2.47. The van der Waals surface area contributed by atoms with Gasteiger partial charge in [0.2, 0.25) is 5.91 Å². The van der Waals surface area contributed by atoms with Gasteiger partial charge in [-0.3, -0.25) is 4.79 Å². The van der Waals surface area contributed by atoms with Gasteiger partial charge in [0.1, 0.15) is 0 Å². The molecule has 0 aromatic heterocycles. The lowest BCUT2D eigenvalue weighted by atomic mass is 10.2. The van der Waals surface area contributed by atoms with E-state index in [9.17, 15) is 4.79 Å². The number of hydrogen-bond acceptors (Lipinski definition) is 3. The predicted octanol–water partition coefficient (Wildman–Crippen LogP) is 1.43. The first kappa shape index (κ1) is 13.7. The van der Waals surface area contributed by atoms with Crippen LogP contribution < -0.4 is 11.1 Å². The molecule has 0 aliphatic heterocycles. The van der Waals surface area contributed by atoms with Gasteiger partial charge in [0.05, 0.1) is 0 Å². The maximum atomic E-state index is 10.9. The predicted molar refractivity (Wildman–Crippen MR) is 70.8 cm³/mol. The van der Waals surface area contributed by atoms with Crippen molar-refractivity contribution < 1.29 is 4.79 Å². The van der Waals surface area contributed by atoms with Crippen molar-refractivity contribution in [1.82, 2.24) is 4.90 Å². The van der Waals surface area contributed by atoms with Gasteiger partial charge < -0.3 is 16.0 Å². The van der Waals surface area contributed by atoms with Gasteiger partial charge >= 0.3 is 0 Å². The summed E-state index contributed by atoms with van der Waals surface area (Å²) in [6.07, 6.45) is 1.01. The van der Waals surface area contributed by atoms with Crippen molar-refractivity contribution in [3.63, 3.8) is 0 Å². The van der Waals surface area contributed by atoms with Gasteiger partial charge in [-0.15, -0.1) is 0 Å². The highest BCUT2D eigenvalue weighted by molar-refractivity contribution is 5.88. The Kier molecular flexibility index (Phi) is 5.66. The van der Waals surface area contributed by atoms with E-state index >= 15 is 0 Å². The summed E-state index contributed by atoms with van der Waals surface area (Å²) in [4.78, 5) is 13.1. The molecular weight excluding hydrogens is 214 g/mol. The molecule has 0 aliphatic carbocycles. The molecule has 1 rings (SSSR count). The minimum Gasteiger partial charge on any atom is -0.330 e. The number of nitrogens with one attached hydrogen (secondary N) is 1. The molecule has 3 N–H and O–H groups in total. The summed E-state index contributed by atoms with van der Waals surface area (Å²) in [5, 5.41) is 2.75. The molecule has 0 atom stereocenters. The molecule has 0 saturated heterocycles. The summed E-state index contributed by atoms with van der Waals surface area (Å²) in [6.45, 7) is 4.14. The summed E-state index contributed by atoms with van der Waals surface area (Å²) >= 11 is 0. The number of hydrogen-bond donors (Lipinski definition) is 2. The van der Waals surface area contributed by atoms with Crippen LogP contribution in [0.5, 0.6) is 0 Å². The molecule has 1 amide bonds. The number of nitrogens with two attached hydrogens (primary N) is 1. The molecule has 0 aliphatic rings. The fourth-order valence-corrected chi connectivity index (χ4v) is 1.65. The van der Waals surface area contributed by atoms with Crippen molar-refractivity contribution in [1.29, 1.82) is 0 Å². The van der Waals surface area contributed by atoms with Crippen LogP contribution in [-0.2, 0) is 11.3 Å². The second-order valence-corrected chi connectivity index (χ2v) is 4.26. The topological polar surface area (TPSA) is 58.4 Å². The Morgan fingerprint density at radius 2 is 2.00 bits per heavy atom. The largest absolute Gasteiger partial charge is 0.330 e. The Morgan fingerprint density at radius 3 is 2.53 bits per heavy atom. The third kappa shape index (κ3) is 5.47. The number of anilines is 1. The van der Waals surface area contributed by atoms with E-state index in [1.165, 1.54) is 12.5 Å². The Morgan fingerprint density at radius 1 is 1.35 bits per heavy atom. The Labute approximate surface area is 103 Å². The summed E-state index contributed by atoms with van der Waals surface area (Å²) in [5.74, 6) is -0.0437. The lowest BCUT2D eigenvalue weighted by Crippen LogP contribution is -2.21. The van der Waals surface area contributed by atoms with E-state index in [0.29, 0.717) is 0 Å². The third-order valence-corrected chi connectivity index (χ3v) is 2.47. The first-order valence-corrected chi connectivity index (χ1v) is 5.87. The lowest BCUT2D eigenvalue weighted by Gasteiger charge is -2.16. The van der Waals surface area contributed by atoms with E-state index in [1.54, 1.807) is 0 Å². The number of carbonyl (C=O) groups excluding carboxylic acids is 1. The van der Waals surface area contributed by atoms with Gasteiger partial charge in [-0.2, -0.15) is 0 Å². The van der Waals surface area contributed by atoms with E-state index in [0.717, 1.165) is 31.7 Å². The minimum atomic E-state index is -0.0437. The molecule has 4 nitrogen and oxygen atoms in total. The monoisotopic (exact) mass is 235 g/mol.